The Balaban J connectivity index is 1.45. The number of likely N-dealkylation sites (tertiary alicyclic amines) is 1. The van der Waals surface area contributed by atoms with Gasteiger partial charge in [0.25, 0.3) is 0 Å². The number of thiazole rings is 1. The summed E-state index contributed by atoms with van der Waals surface area (Å²) in [4.78, 5) is 31.7. The number of aryl methyl sites for hydroxylation is 1. The molecule has 1 N–H and O–H groups in total. The SMILES string of the molecule is Cc1ccc2nc(NC(=O)C3CCCN3C(=O)Cc3ccccc3)sc2c1. The minimum Gasteiger partial charge on any atom is -0.330 e. The van der Waals surface area contributed by atoms with E-state index in [1.807, 2.05) is 49.4 Å². The number of nitrogens with zero attached hydrogens (tertiary/aromatic N) is 2. The van der Waals surface area contributed by atoms with E-state index in [0.717, 1.165) is 27.8 Å². The van der Waals surface area contributed by atoms with Crippen LogP contribution in [0.2, 0.25) is 0 Å². The zero-order valence-electron chi connectivity index (χ0n) is 15.1. The molecule has 138 valence electrons. The maximum Gasteiger partial charge on any atom is 0.248 e. The minimum atomic E-state index is -0.421. The first-order valence-corrected chi connectivity index (χ1v) is 9.93. The fourth-order valence-corrected chi connectivity index (χ4v) is 4.45. The van der Waals surface area contributed by atoms with Crippen LogP contribution in [-0.4, -0.2) is 34.3 Å². The summed E-state index contributed by atoms with van der Waals surface area (Å²) in [5.41, 5.74) is 3.01. The van der Waals surface area contributed by atoms with Crippen LogP contribution in [0.1, 0.15) is 24.0 Å². The summed E-state index contributed by atoms with van der Waals surface area (Å²) in [6.45, 7) is 2.66. The molecular weight excluding hydrogens is 358 g/mol. The fraction of sp³-hybridized carbons (Fsp3) is 0.286. The van der Waals surface area contributed by atoms with Gasteiger partial charge in [-0.15, -0.1) is 0 Å². The van der Waals surface area contributed by atoms with Crippen LogP contribution >= 0.6 is 11.3 Å². The molecule has 0 aliphatic carbocycles. The van der Waals surface area contributed by atoms with Crippen LogP contribution in [0.4, 0.5) is 5.13 Å². The third kappa shape index (κ3) is 3.85. The number of fused-ring (bicyclic) bond motifs is 1. The van der Waals surface area contributed by atoms with E-state index in [9.17, 15) is 9.59 Å². The van der Waals surface area contributed by atoms with Gasteiger partial charge in [-0.3, -0.25) is 9.59 Å². The van der Waals surface area contributed by atoms with E-state index in [4.69, 9.17) is 0 Å². The van der Waals surface area contributed by atoms with Crippen molar-refractivity contribution in [3.63, 3.8) is 0 Å². The van der Waals surface area contributed by atoms with Crippen LogP contribution in [-0.2, 0) is 16.0 Å². The zero-order chi connectivity index (χ0) is 18.8. The normalized spacial score (nSPS) is 16.6. The van der Waals surface area contributed by atoms with E-state index < -0.39 is 6.04 Å². The van der Waals surface area contributed by atoms with Gasteiger partial charge >= 0.3 is 0 Å². The predicted octanol–water partition coefficient (Wildman–Crippen LogP) is 3.78. The van der Waals surface area contributed by atoms with Crippen molar-refractivity contribution in [3.05, 3.63) is 59.7 Å². The van der Waals surface area contributed by atoms with Crippen LogP contribution in [0.25, 0.3) is 10.2 Å². The van der Waals surface area contributed by atoms with Crippen molar-refractivity contribution in [2.75, 3.05) is 11.9 Å². The molecule has 4 rings (SSSR count). The third-order valence-corrected chi connectivity index (χ3v) is 5.78. The number of hydrogen-bond acceptors (Lipinski definition) is 4. The smallest absolute Gasteiger partial charge is 0.248 e. The van der Waals surface area contributed by atoms with Gasteiger partial charge in [0.1, 0.15) is 6.04 Å². The molecule has 27 heavy (non-hydrogen) atoms. The largest absolute Gasteiger partial charge is 0.330 e. The van der Waals surface area contributed by atoms with Crippen LogP contribution < -0.4 is 5.32 Å². The van der Waals surface area contributed by atoms with Crippen molar-refractivity contribution < 1.29 is 9.59 Å². The van der Waals surface area contributed by atoms with E-state index in [2.05, 4.69) is 16.4 Å². The van der Waals surface area contributed by atoms with E-state index in [1.165, 1.54) is 11.3 Å². The molecule has 1 aromatic heterocycles. The first kappa shape index (κ1) is 17.7. The van der Waals surface area contributed by atoms with Crippen LogP contribution in [0.3, 0.4) is 0 Å². The highest BCUT2D eigenvalue weighted by atomic mass is 32.1. The Labute approximate surface area is 162 Å². The average molecular weight is 379 g/mol. The first-order valence-electron chi connectivity index (χ1n) is 9.11. The second-order valence-electron chi connectivity index (χ2n) is 6.89. The lowest BCUT2D eigenvalue weighted by molar-refractivity contribution is -0.136. The Morgan fingerprint density at radius 2 is 2.04 bits per heavy atom. The van der Waals surface area contributed by atoms with Gasteiger partial charge in [0.05, 0.1) is 16.6 Å². The molecule has 6 heteroatoms. The quantitative estimate of drug-likeness (QED) is 0.750. The molecule has 5 nitrogen and oxygen atoms in total. The Morgan fingerprint density at radius 3 is 2.85 bits per heavy atom. The molecule has 0 radical (unpaired) electrons. The molecule has 0 spiro atoms. The monoisotopic (exact) mass is 379 g/mol. The first-order chi connectivity index (χ1) is 13.1. The molecule has 1 saturated heterocycles. The number of rotatable bonds is 4. The standard InChI is InChI=1S/C21H21N3O2S/c1-14-9-10-16-18(12-14)27-21(22-16)23-20(26)17-8-5-11-24(17)19(25)13-15-6-3-2-4-7-15/h2-4,6-7,9-10,12,17H,5,8,11,13H2,1H3,(H,22,23,26). The molecule has 0 bridgehead atoms. The number of benzene rings is 2. The maximum absolute atomic E-state index is 12.8. The van der Waals surface area contributed by atoms with Gasteiger partial charge in [0.15, 0.2) is 5.13 Å². The summed E-state index contributed by atoms with van der Waals surface area (Å²) in [5, 5.41) is 3.50. The van der Waals surface area contributed by atoms with E-state index in [0.29, 0.717) is 24.5 Å². The Hall–Kier alpha value is -2.73. The van der Waals surface area contributed by atoms with Crippen molar-refractivity contribution in [2.45, 2.75) is 32.2 Å². The van der Waals surface area contributed by atoms with E-state index in [1.54, 1.807) is 4.90 Å². The summed E-state index contributed by atoms with van der Waals surface area (Å²) in [7, 11) is 0. The number of hydrogen-bond donors (Lipinski definition) is 1. The zero-order valence-corrected chi connectivity index (χ0v) is 16.0. The van der Waals surface area contributed by atoms with Crippen molar-refractivity contribution in [1.29, 1.82) is 0 Å². The molecule has 1 aliphatic heterocycles. The van der Waals surface area contributed by atoms with E-state index >= 15 is 0 Å². The highest BCUT2D eigenvalue weighted by Crippen LogP contribution is 2.28. The van der Waals surface area contributed by atoms with Crippen LogP contribution in [0, 0.1) is 6.92 Å². The Morgan fingerprint density at radius 1 is 1.22 bits per heavy atom. The lowest BCUT2D eigenvalue weighted by Gasteiger charge is -2.23. The minimum absolute atomic E-state index is 0.00113. The molecule has 1 unspecified atom stereocenters. The van der Waals surface area contributed by atoms with Gasteiger partial charge in [-0.2, -0.15) is 0 Å². The lowest BCUT2D eigenvalue weighted by Crippen LogP contribution is -2.43. The van der Waals surface area contributed by atoms with Gasteiger partial charge in [-0.1, -0.05) is 47.7 Å². The van der Waals surface area contributed by atoms with Crippen LogP contribution in [0.15, 0.2) is 48.5 Å². The summed E-state index contributed by atoms with van der Waals surface area (Å²) >= 11 is 1.46. The fourth-order valence-electron chi connectivity index (χ4n) is 3.48. The second-order valence-corrected chi connectivity index (χ2v) is 7.92. The van der Waals surface area contributed by atoms with Gasteiger partial charge < -0.3 is 10.2 Å². The molecule has 2 amide bonds. The summed E-state index contributed by atoms with van der Waals surface area (Å²) in [6, 6.07) is 15.3. The third-order valence-electron chi connectivity index (χ3n) is 4.85. The van der Waals surface area contributed by atoms with Gasteiger partial charge in [-0.05, 0) is 43.0 Å². The molecular formula is C21H21N3O2S. The maximum atomic E-state index is 12.8. The molecule has 1 atom stereocenters. The second kappa shape index (κ2) is 7.48. The van der Waals surface area contributed by atoms with Crippen molar-refractivity contribution in [2.24, 2.45) is 0 Å². The number of amides is 2. The number of aromatic nitrogens is 1. The molecule has 2 aromatic carbocycles. The van der Waals surface area contributed by atoms with Gasteiger partial charge in [0, 0.05) is 6.54 Å². The predicted molar refractivity (Wildman–Crippen MR) is 108 cm³/mol. The molecule has 2 heterocycles. The van der Waals surface area contributed by atoms with Crippen molar-refractivity contribution in [1.82, 2.24) is 9.88 Å². The highest BCUT2D eigenvalue weighted by molar-refractivity contribution is 7.22. The molecule has 0 saturated carbocycles. The van der Waals surface area contributed by atoms with Crippen LogP contribution in [0.5, 0.6) is 0 Å². The van der Waals surface area contributed by atoms with Crippen molar-refractivity contribution >= 4 is 38.5 Å². The Kier molecular flexibility index (Phi) is 4.90. The van der Waals surface area contributed by atoms with Gasteiger partial charge in [-0.25, -0.2) is 4.98 Å². The molecule has 3 aromatic rings. The van der Waals surface area contributed by atoms with Crippen molar-refractivity contribution in [3.8, 4) is 0 Å². The Bertz CT molecular complexity index is 984. The van der Waals surface area contributed by atoms with E-state index in [-0.39, 0.29) is 11.8 Å². The number of carbonyl (C=O) groups excluding carboxylic acids is 2. The van der Waals surface area contributed by atoms with Gasteiger partial charge in [0.2, 0.25) is 11.8 Å². The lowest BCUT2D eigenvalue weighted by atomic mass is 10.1. The number of anilines is 1. The summed E-state index contributed by atoms with van der Waals surface area (Å²) in [6.07, 6.45) is 1.86. The molecule has 1 aliphatic rings. The summed E-state index contributed by atoms with van der Waals surface area (Å²) < 4.78 is 1.05. The summed E-state index contributed by atoms with van der Waals surface area (Å²) in [5.74, 6) is -0.150. The number of nitrogens with one attached hydrogen (secondary N) is 1. The highest BCUT2D eigenvalue weighted by Gasteiger charge is 2.34. The molecule has 1 fully saturated rings. The topological polar surface area (TPSA) is 62.3 Å². The number of carbonyl (C=O) groups is 2. The average Bonchev–Trinajstić information content (AvgIpc) is 3.28.